The van der Waals surface area contributed by atoms with Crippen LogP contribution in [0.25, 0.3) is 16.9 Å². The van der Waals surface area contributed by atoms with Crippen molar-refractivity contribution in [2.75, 3.05) is 63.6 Å². The molecule has 21 heteroatoms. The number of ether oxygens (including phenoxy) is 1. The first-order valence-electron chi connectivity index (χ1n) is 23.1. The highest BCUT2D eigenvalue weighted by Crippen LogP contribution is 2.39. The number of hydrogen-bond acceptors (Lipinski definition) is 13. The molecule has 3 aromatic carbocycles. The zero-order chi connectivity index (χ0) is 48.3. The number of fused-ring (bicyclic) bond motifs is 2. The average molecular weight is 950 g/mol. The first-order valence-corrected chi connectivity index (χ1v) is 23.1. The molecule has 4 N–H and O–H groups in total. The van der Waals surface area contributed by atoms with Gasteiger partial charge in [-0.2, -0.15) is 0 Å². The van der Waals surface area contributed by atoms with Crippen molar-refractivity contribution in [2.24, 2.45) is 5.92 Å². The van der Waals surface area contributed by atoms with E-state index in [4.69, 9.17) is 10.5 Å². The number of carbonyl (C=O) groups is 5. The smallest absolute Gasteiger partial charge is 0.335 e. The molecule has 5 amide bonds. The van der Waals surface area contributed by atoms with Gasteiger partial charge in [0.05, 0.1) is 36.0 Å². The maximum atomic E-state index is 16.3. The van der Waals surface area contributed by atoms with E-state index in [1.807, 2.05) is 6.07 Å². The lowest BCUT2D eigenvalue weighted by Gasteiger charge is -2.49. The second-order valence-electron chi connectivity index (χ2n) is 18.5. The van der Waals surface area contributed by atoms with Crippen molar-refractivity contribution in [3.8, 4) is 11.4 Å². The predicted molar refractivity (Wildman–Crippen MR) is 245 cm³/mol. The molecule has 69 heavy (non-hydrogen) atoms. The van der Waals surface area contributed by atoms with E-state index in [2.05, 4.69) is 30.4 Å². The number of imidazole rings is 1. The van der Waals surface area contributed by atoms with Crippen molar-refractivity contribution < 1.29 is 41.9 Å². The number of halogens is 3. The molecule has 0 saturated carbocycles. The summed E-state index contributed by atoms with van der Waals surface area (Å²) in [5.74, 6) is -6.01. The van der Waals surface area contributed by atoms with Crippen LogP contribution in [0.4, 0.5) is 24.7 Å². The number of methoxy groups -OCH3 is 1. The number of aromatic nitrogens is 4. The lowest BCUT2D eigenvalue weighted by Crippen LogP contribution is -2.61. The SMILES string of the molecule is COc1cc(F)ccc1C(=O)NCc1ccc(-n2c(=O)n([C@H]3CCN(CCC4CCN(C5CN(c6ccc7c(c6)C(=O)N(C6CCC(=O)NC6=O)C7=O)C5)CC4)CC3(F)F)c3ncnc(N)c32)cc1. The van der Waals surface area contributed by atoms with Gasteiger partial charge in [0.15, 0.2) is 11.5 Å². The Hall–Kier alpha value is -7.13. The summed E-state index contributed by atoms with van der Waals surface area (Å²) in [6.45, 7) is 3.69. The van der Waals surface area contributed by atoms with Gasteiger partial charge in [-0.15, -0.1) is 0 Å². The van der Waals surface area contributed by atoms with Gasteiger partial charge in [0.1, 0.15) is 35.5 Å². The van der Waals surface area contributed by atoms with E-state index in [-0.39, 0.29) is 65.2 Å². The molecule has 10 rings (SSSR count). The van der Waals surface area contributed by atoms with E-state index in [9.17, 15) is 33.2 Å². The van der Waals surface area contributed by atoms with Crippen LogP contribution in [0.3, 0.4) is 0 Å². The second kappa shape index (κ2) is 18.1. The number of carbonyl (C=O) groups excluding carboxylic acids is 5. The lowest BCUT2D eigenvalue weighted by molar-refractivity contribution is -0.136. The first-order chi connectivity index (χ1) is 33.2. The number of alkyl halides is 2. The van der Waals surface area contributed by atoms with Gasteiger partial charge in [0, 0.05) is 50.4 Å². The molecule has 0 spiro atoms. The topological polar surface area (TPSA) is 210 Å². The Labute approximate surface area is 393 Å². The molecule has 5 aliphatic rings. The van der Waals surface area contributed by atoms with Crippen molar-refractivity contribution in [1.29, 1.82) is 0 Å². The zero-order valence-electron chi connectivity index (χ0n) is 37.7. The number of benzene rings is 3. The van der Waals surface area contributed by atoms with Crippen LogP contribution in [0.15, 0.2) is 71.8 Å². The summed E-state index contributed by atoms with van der Waals surface area (Å²) in [6, 6.07) is 13.2. The Morgan fingerprint density at radius 1 is 0.899 bits per heavy atom. The number of likely N-dealkylation sites (tertiary alicyclic amines) is 2. The molecule has 4 saturated heterocycles. The highest BCUT2D eigenvalue weighted by atomic mass is 19.3. The molecular weight excluding hydrogens is 900 g/mol. The second-order valence-corrected chi connectivity index (χ2v) is 18.5. The van der Waals surface area contributed by atoms with Crippen LogP contribution in [-0.2, 0) is 16.1 Å². The number of amides is 5. The molecule has 5 aromatic rings. The van der Waals surface area contributed by atoms with E-state index in [1.54, 1.807) is 41.3 Å². The van der Waals surface area contributed by atoms with Gasteiger partial charge in [0.25, 0.3) is 23.6 Å². The number of nitrogens with two attached hydrogens (primary N) is 1. The fourth-order valence-electron chi connectivity index (χ4n) is 10.5. The highest BCUT2D eigenvalue weighted by Gasteiger charge is 2.48. The summed E-state index contributed by atoms with van der Waals surface area (Å²) >= 11 is 0. The molecule has 1 unspecified atom stereocenters. The number of nitrogen functional groups attached to an aromatic ring is 1. The third-order valence-electron chi connectivity index (χ3n) is 14.4. The maximum Gasteiger partial charge on any atom is 0.335 e. The van der Waals surface area contributed by atoms with Gasteiger partial charge in [-0.25, -0.2) is 27.9 Å². The van der Waals surface area contributed by atoms with Crippen LogP contribution >= 0.6 is 0 Å². The molecule has 2 aromatic heterocycles. The van der Waals surface area contributed by atoms with Gasteiger partial charge in [-0.1, -0.05) is 12.1 Å². The van der Waals surface area contributed by atoms with Crippen LogP contribution < -0.4 is 31.7 Å². The molecule has 5 aliphatic heterocycles. The quantitative estimate of drug-likeness (QED) is 0.153. The van der Waals surface area contributed by atoms with Gasteiger partial charge >= 0.3 is 5.69 Å². The van der Waals surface area contributed by atoms with Crippen LogP contribution in [0, 0.1) is 11.7 Å². The number of hydrogen-bond donors (Lipinski definition) is 3. The molecule has 18 nitrogen and oxygen atoms in total. The Morgan fingerprint density at radius 2 is 1.64 bits per heavy atom. The van der Waals surface area contributed by atoms with Crippen molar-refractivity contribution >= 4 is 52.2 Å². The van der Waals surface area contributed by atoms with Crippen LogP contribution in [0.1, 0.15) is 81.2 Å². The van der Waals surface area contributed by atoms with Crippen LogP contribution in [0.5, 0.6) is 5.75 Å². The number of piperidine rings is 3. The minimum atomic E-state index is -3.27. The van der Waals surface area contributed by atoms with E-state index < -0.39 is 65.6 Å². The fourth-order valence-corrected chi connectivity index (χ4v) is 10.5. The van der Waals surface area contributed by atoms with E-state index >= 15 is 8.78 Å². The van der Waals surface area contributed by atoms with Crippen molar-refractivity contribution in [3.63, 3.8) is 0 Å². The van der Waals surface area contributed by atoms with E-state index in [1.165, 1.54) is 17.7 Å². The summed E-state index contributed by atoms with van der Waals surface area (Å²) in [4.78, 5) is 93.4. The normalized spacial score (nSPS) is 21.4. The van der Waals surface area contributed by atoms with Gasteiger partial charge in [-0.3, -0.25) is 53.1 Å². The zero-order valence-corrected chi connectivity index (χ0v) is 37.7. The Balaban J connectivity index is 0.720. The molecule has 360 valence electrons. The van der Waals surface area contributed by atoms with Crippen LogP contribution in [-0.4, -0.2) is 134 Å². The number of nitrogens with one attached hydrogen (secondary N) is 2. The average Bonchev–Trinajstić information content (AvgIpc) is 3.75. The Bertz CT molecular complexity index is 2950. The Kier molecular flexibility index (Phi) is 12.0. The predicted octanol–water partition coefficient (Wildman–Crippen LogP) is 3.52. The summed E-state index contributed by atoms with van der Waals surface area (Å²) in [6.07, 6.45) is 3.96. The minimum absolute atomic E-state index is 0.00814. The van der Waals surface area contributed by atoms with Crippen molar-refractivity contribution in [2.45, 2.75) is 69.1 Å². The number of imide groups is 2. The van der Waals surface area contributed by atoms with Gasteiger partial charge < -0.3 is 20.7 Å². The molecule has 0 aliphatic carbocycles. The first kappa shape index (κ1) is 45.6. The summed E-state index contributed by atoms with van der Waals surface area (Å²) in [5.41, 5.74) is 8.17. The fraction of sp³-hybridized carbons (Fsp3) is 0.417. The van der Waals surface area contributed by atoms with Crippen molar-refractivity contribution in [1.82, 2.24) is 44.4 Å². The molecule has 0 radical (unpaired) electrons. The lowest BCUT2D eigenvalue weighted by atomic mass is 9.90. The number of nitrogens with zero attached hydrogens (tertiary/aromatic N) is 8. The van der Waals surface area contributed by atoms with Crippen molar-refractivity contribution in [3.05, 3.63) is 106 Å². The Morgan fingerprint density at radius 3 is 2.36 bits per heavy atom. The van der Waals surface area contributed by atoms with Crippen LogP contribution in [0.2, 0.25) is 0 Å². The minimum Gasteiger partial charge on any atom is -0.496 e. The molecule has 7 heterocycles. The molecule has 0 bridgehead atoms. The van der Waals surface area contributed by atoms with E-state index in [0.29, 0.717) is 36.3 Å². The van der Waals surface area contributed by atoms with E-state index in [0.717, 1.165) is 79.1 Å². The molecule has 4 fully saturated rings. The molecule has 2 atom stereocenters. The largest absolute Gasteiger partial charge is 0.496 e. The standard InChI is InChI=1S/C48H50F3N11O7/c1-69-37-20-29(49)4-8-34(37)43(64)53-22-28-2-5-30(6-3-28)60-40-41(52)54-26-55-42(40)62(47(60)68)38-15-17-57(25-48(38,50)51)16-12-27-13-18-58(19-14-27)32-23-59(24-32)31-7-9-33-35(21-31)46(67)61(45(33)66)36-10-11-39(63)56-44(36)65/h2-9,20-21,26-27,32,36,38H,10-19,22-25H2,1H3,(H,53,64)(H2,52,54,55)(H,56,63,65)/t36?,38-/m0/s1. The maximum absolute atomic E-state index is 16.3. The summed E-state index contributed by atoms with van der Waals surface area (Å²) in [5, 5.41) is 4.98. The molecular formula is C48H50F3N11O7. The summed E-state index contributed by atoms with van der Waals surface area (Å²) in [7, 11) is 1.34. The van der Waals surface area contributed by atoms with Gasteiger partial charge in [0.2, 0.25) is 11.8 Å². The summed E-state index contributed by atoms with van der Waals surface area (Å²) < 4.78 is 53.7. The third-order valence-corrected chi connectivity index (χ3v) is 14.4. The number of anilines is 2. The number of rotatable bonds is 12. The monoisotopic (exact) mass is 949 g/mol. The third kappa shape index (κ3) is 8.46. The highest BCUT2D eigenvalue weighted by molar-refractivity contribution is 6.23. The van der Waals surface area contributed by atoms with Gasteiger partial charge in [-0.05, 0) is 106 Å².